The molecular weight excluding hydrogens is 254 g/mol. The highest BCUT2D eigenvalue weighted by molar-refractivity contribution is 5.79. The number of likely N-dealkylation sites (tertiary alicyclic amines) is 1. The van der Waals surface area contributed by atoms with Crippen molar-refractivity contribution >= 4 is 11.8 Å². The lowest BCUT2D eigenvalue weighted by Crippen LogP contribution is -2.36. The van der Waals surface area contributed by atoms with Gasteiger partial charge in [-0.3, -0.25) is 9.59 Å². The third kappa shape index (κ3) is 5.12. The zero-order chi connectivity index (χ0) is 14.2. The summed E-state index contributed by atoms with van der Waals surface area (Å²) in [7, 11) is 0. The van der Waals surface area contributed by atoms with Gasteiger partial charge in [0.05, 0.1) is 0 Å². The maximum Gasteiger partial charge on any atom is 0.224 e. The maximum atomic E-state index is 11.8. The van der Waals surface area contributed by atoms with Crippen LogP contribution in [0, 0.1) is 0 Å². The van der Waals surface area contributed by atoms with Crippen LogP contribution >= 0.6 is 0 Å². The zero-order valence-corrected chi connectivity index (χ0v) is 12.3. The van der Waals surface area contributed by atoms with Crippen molar-refractivity contribution in [2.24, 2.45) is 0 Å². The molecule has 1 atom stereocenters. The fourth-order valence-corrected chi connectivity index (χ4v) is 3.00. The summed E-state index contributed by atoms with van der Waals surface area (Å²) in [6.07, 6.45) is 7.85. The Labute approximate surface area is 121 Å². The van der Waals surface area contributed by atoms with Crippen molar-refractivity contribution in [3.8, 4) is 0 Å². The van der Waals surface area contributed by atoms with Crippen LogP contribution < -0.4 is 10.6 Å². The first kappa shape index (κ1) is 15.3. The summed E-state index contributed by atoms with van der Waals surface area (Å²) in [6, 6.07) is 0.501. The number of hydrogen-bond acceptors (Lipinski definition) is 3. The van der Waals surface area contributed by atoms with E-state index in [-0.39, 0.29) is 11.8 Å². The van der Waals surface area contributed by atoms with Gasteiger partial charge in [0.25, 0.3) is 0 Å². The molecule has 20 heavy (non-hydrogen) atoms. The van der Waals surface area contributed by atoms with Gasteiger partial charge in [0.2, 0.25) is 11.8 Å². The van der Waals surface area contributed by atoms with Crippen LogP contribution in [0.1, 0.15) is 51.4 Å². The minimum atomic E-state index is 0.0756. The second kappa shape index (κ2) is 8.25. The number of amides is 2. The Kier molecular flexibility index (Phi) is 6.30. The van der Waals surface area contributed by atoms with E-state index in [1.807, 2.05) is 4.90 Å². The molecule has 2 heterocycles. The van der Waals surface area contributed by atoms with Gasteiger partial charge in [-0.05, 0) is 38.6 Å². The normalized spacial score (nSPS) is 22.8. The van der Waals surface area contributed by atoms with Crippen LogP contribution in [-0.4, -0.2) is 48.9 Å². The molecule has 0 aromatic heterocycles. The van der Waals surface area contributed by atoms with Crippen LogP contribution in [0.2, 0.25) is 0 Å². The van der Waals surface area contributed by atoms with Crippen LogP contribution in [-0.2, 0) is 9.59 Å². The molecule has 0 spiro atoms. The number of nitrogens with one attached hydrogen (secondary N) is 2. The molecular formula is C15H27N3O2. The molecule has 0 aromatic carbocycles. The SMILES string of the molecule is O=C(CCC1CCCCN1)NCCC(=O)N1CCCC1. The van der Waals surface area contributed by atoms with Crippen LogP contribution in [0.25, 0.3) is 0 Å². The van der Waals surface area contributed by atoms with E-state index in [0.29, 0.717) is 25.4 Å². The highest BCUT2D eigenvalue weighted by Gasteiger charge is 2.18. The van der Waals surface area contributed by atoms with Gasteiger partial charge < -0.3 is 15.5 Å². The average molecular weight is 281 g/mol. The molecule has 5 heteroatoms. The molecule has 2 saturated heterocycles. The van der Waals surface area contributed by atoms with E-state index >= 15 is 0 Å². The van der Waals surface area contributed by atoms with E-state index in [9.17, 15) is 9.59 Å². The molecule has 0 saturated carbocycles. The highest BCUT2D eigenvalue weighted by atomic mass is 16.2. The van der Waals surface area contributed by atoms with Crippen molar-refractivity contribution in [2.45, 2.75) is 57.4 Å². The van der Waals surface area contributed by atoms with Crippen molar-refractivity contribution in [3.05, 3.63) is 0 Å². The Balaban J connectivity index is 1.52. The van der Waals surface area contributed by atoms with E-state index in [1.165, 1.54) is 19.3 Å². The molecule has 0 bridgehead atoms. The summed E-state index contributed by atoms with van der Waals surface area (Å²) >= 11 is 0. The summed E-state index contributed by atoms with van der Waals surface area (Å²) in [5, 5.41) is 6.31. The molecule has 0 aliphatic carbocycles. The number of piperidine rings is 1. The smallest absolute Gasteiger partial charge is 0.224 e. The number of carbonyl (C=O) groups excluding carboxylic acids is 2. The van der Waals surface area contributed by atoms with E-state index in [0.717, 1.165) is 38.9 Å². The second-order valence-electron chi connectivity index (χ2n) is 5.87. The van der Waals surface area contributed by atoms with E-state index in [2.05, 4.69) is 10.6 Å². The lowest BCUT2D eigenvalue weighted by atomic mass is 10.0. The minimum absolute atomic E-state index is 0.0756. The fraction of sp³-hybridized carbons (Fsp3) is 0.867. The van der Waals surface area contributed by atoms with Crippen LogP contribution in [0.15, 0.2) is 0 Å². The molecule has 114 valence electrons. The molecule has 5 nitrogen and oxygen atoms in total. The molecule has 2 amide bonds. The fourth-order valence-electron chi connectivity index (χ4n) is 3.00. The molecule has 0 radical (unpaired) electrons. The largest absolute Gasteiger partial charge is 0.356 e. The van der Waals surface area contributed by atoms with E-state index in [4.69, 9.17) is 0 Å². The quantitative estimate of drug-likeness (QED) is 0.764. The second-order valence-corrected chi connectivity index (χ2v) is 5.87. The summed E-state index contributed by atoms with van der Waals surface area (Å²) in [6.45, 7) is 3.34. The number of rotatable bonds is 6. The molecule has 2 aliphatic heterocycles. The summed E-state index contributed by atoms with van der Waals surface area (Å²) in [5.74, 6) is 0.253. The van der Waals surface area contributed by atoms with Crippen molar-refractivity contribution in [2.75, 3.05) is 26.2 Å². The van der Waals surface area contributed by atoms with E-state index < -0.39 is 0 Å². The number of carbonyl (C=O) groups is 2. The molecule has 2 fully saturated rings. The topological polar surface area (TPSA) is 61.4 Å². The number of hydrogen-bond donors (Lipinski definition) is 2. The van der Waals surface area contributed by atoms with Gasteiger partial charge in [0, 0.05) is 38.5 Å². The molecule has 0 aromatic rings. The monoisotopic (exact) mass is 281 g/mol. The third-order valence-electron chi connectivity index (χ3n) is 4.25. The predicted octanol–water partition coefficient (Wildman–Crippen LogP) is 1.04. The number of nitrogens with zero attached hydrogens (tertiary/aromatic N) is 1. The summed E-state index contributed by atoms with van der Waals surface area (Å²) < 4.78 is 0. The first-order valence-electron chi connectivity index (χ1n) is 8.03. The molecule has 1 unspecified atom stereocenters. The Morgan fingerprint density at radius 2 is 1.90 bits per heavy atom. The van der Waals surface area contributed by atoms with Gasteiger partial charge in [-0.2, -0.15) is 0 Å². The van der Waals surface area contributed by atoms with E-state index in [1.54, 1.807) is 0 Å². The Morgan fingerprint density at radius 1 is 1.10 bits per heavy atom. The van der Waals surface area contributed by atoms with Gasteiger partial charge in [-0.15, -0.1) is 0 Å². The van der Waals surface area contributed by atoms with Crippen molar-refractivity contribution < 1.29 is 9.59 Å². The Hall–Kier alpha value is -1.10. The first-order chi connectivity index (χ1) is 9.75. The highest BCUT2D eigenvalue weighted by Crippen LogP contribution is 2.11. The Morgan fingerprint density at radius 3 is 2.60 bits per heavy atom. The Bertz CT molecular complexity index is 321. The molecule has 2 N–H and O–H groups in total. The predicted molar refractivity (Wildman–Crippen MR) is 78.3 cm³/mol. The molecule has 2 rings (SSSR count). The third-order valence-corrected chi connectivity index (χ3v) is 4.25. The standard InChI is InChI=1S/C15H27N3O2/c19-14(7-6-13-5-1-2-9-16-13)17-10-8-15(20)18-11-3-4-12-18/h13,16H,1-12H2,(H,17,19). The summed E-state index contributed by atoms with van der Waals surface area (Å²) in [4.78, 5) is 25.4. The van der Waals surface area contributed by atoms with Crippen LogP contribution in [0.5, 0.6) is 0 Å². The van der Waals surface area contributed by atoms with Gasteiger partial charge >= 0.3 is 0 Å². The van der Waals surface area contributed by atoms with Crippen molar-refractivity contribution in [3.63, 3.8) is 0 Å². The van der Waals surface area contributed by atoms with Crippen LogP contribution in [0.4, 0.5) is 0 Å². The van der Waals surface area contributed by atoms with Gasteiger partial charge in [-0.25, -0.2) is 0 Å². The average Bonchev–Trinajstić information content (AvgIpc) is 3.00. The minimum Gasteiger partial charge on any atom is -0.356 e. The van der Waals surface area contributed by atoms with Gasteiger partial charge in [0.1, 0.15) is 0 Å². The van der Waals surface area contributed by atoms with Crippen LogP contribution in [0.3, 0.4) is 0 Å². The maximum absolute atomic E-state index is 11.8. The summed E-state index contributed by atoms with van der Waals surface area (Å²) in [5.41, 5.74) is 0. The van der Waals surface area contributed by atoms with Gasteiger partial charge in [0.15, 0.2) is 0 Å². The van der Waals surface area contributed by atoms with Crippen molar-refractivity contribution in [1.82, 2.24) is 15.5 Å². The van der Waals surface area contributed by atoms with Crippen molar-refractivity contribution in [1.29, 1.82) is 0 Å². The first-order valence-corrected chi connectivity index (χ1v) is 8.03. The lowest BCUT2D eigenvalue weighted by molar-refractivity contribution is -0.130. The zero-order valence-electron chi connectivity index (χ0n) is 12.3. The lowest BCUT2D eigenvalue weighted by Gasteiger charge is -2.23. The van der Waals surface area contributed by atoms with Gasteiger partial charge in [-0.1, -0.05) is 6.42 Å². The molecule has 2 aliphatic rings.